The van der Waals surface area contributed by atoms with Gasteiger partial charge in [0.15, 0.2) is 0 Å². The molecular formula is C12H11F3O3. The summed E-state index contributed by atoms with van der Waals surface area (Å²) in [6.45, 7) is -1.55. The number of benzene rings is 1. The number of carboxylic acid groups (broad SMARTS) is 1. The van der Waals surface area contributed by atoms with Crippen LogP contribution in [-0.2, 0) is 16.1 Å². The zero-order chi connectivity index (χ0) is 13.6. The molecule has 0 saturated heterocycles. The van der Waals surface area contributed by atoms with Gasteiger partial charge in [-0.05, 0) is 17.2 Å². The third kappa shape index (κ3) is 5.49. The molecule has 18 heavy (non-hydrogen) atoms. The van der Waals surface area contributed by atoms with Crippen LogP contribution in [0, 0.1) is 0 Å². The number of ether oxygens (including phenoxy) is 1. The lowest BCUT2D eigenvalue weighted by Gasteiger charge is -2.09. The molecule has 0 aliphatic carbocycles. The quantitative estimate of drug-likeness (QED) is 0.828. The summed E-state index contributed by atoms with van der Waals surface area (Å²) in [4.78, 5) is 10.4. The Morgan fingerprint density at radius 2 is 2.00 bits per heavy atom. The summed E-state index contributed by atoms with van der Waals surface area (Å²) in [6, 6.07) is 6.49. The van der Waals surface area contributed by atoms with Gasteiger partial charge in [-0.2, -0.15) is 13.2 Å². The van der Waals surface area contributed by atoms with Crippen molar-refractivity contribution in [1.82, 2.24) is 0 Å². The highest BCUT2D eigenvalue weighted by Gasteiger charge is 2.27. The molecule has 6 heteroatoms. The molecule has 0 aliphatic heterocycles. The summed E-state index contributed by atoms with van der Waals surface area (Å²) >= 11 is 0. The van der Waals surface area contributed by atoms with Crippen LogP contribution >= 0.6 is 0 Å². The van der Waals surface area contributed by atoms with Crippen LogP contribution in [-0.4, -0.2) is 23.9 Å². The standard InChI is InChI=1S/C12H11F3O3/c13-12(14,15)8-18-7-10-4-2-1-3-9(10)5-6-11(16)17/h1-6H,7-8H2,(H,16,17)/b6-5+. The van der Waals surface area contributed by atoms with Gasteiger partial charge in [-0.1, -0.05) is 24.3 Å². The second-order valence-electron chi connectivity index (χ2n) is 3.48. The minimum atomic E-state index is -4.37. The van der Waals surface area contributed by atoms with Crippen molar-refractivity contribution < 1.29 is 27.8 Å². The number of aliphatic carboxylic acids is 1. The van der Waals surface area contributed by atoms with Crippen molar-refractivity contribution in [3.63, 3.8) is 0 Å². The van der Waals surface area contributed by atoms with Gasteiger partial charge >= 0.3 is 12.1 Å². The number of hydrogen-bond acceptors (Lipinski definition) is 2. The molecule has 0 spiro atoms. The fourth-order valence-corrected chi connectivity index (χ4v) is 1.27. The smallest absolute Gasteiger partial charge is 0.411 e. The minimum Gasteiger partial charge on any atom is -0.478 e. The first-order chi connectivity index (χ1) is 8.38. The van der Waals surface area contributed by atoms with Crippen molar-refractivity contribution in [2.75, 3.05) is 6.61 Å². The number of hydrogen-bond donors (Lipinski definition) is 1. The van der Waals surface area contributed by atoms with Gasteiger partial charge in [0.05, 0.1) is 6.61 Å². The Balaban J connectivity index is 2.68. The van der Waals surface area contributed by atoms with E-state index in [1.807, 2.05) is 0 Å². The van der Waals surface area contributed by atoms with E-state index in [4.69, 9.17) is 5.11 Å². The number of carbonyl (C=O) groups is 1. The lowest BCUT2D eigenvalue weighted by atomic mass is 10.1. The molecule has 0 amide bonds. The Morgan fingerprint density at radius 3 is 2.61 bits per heavy atom. The Morgan fingerprint density at radius 1 is 1.33 bits per heavy atom. The monoisotopic (exact) mass is 260 g/mol. The molecule has 1 N–H and O–H groups in total. The lowest BCUT2D eigenvalue weighted by molar-refractivity contribution is -0.176. The van der Waals surface area contributed by atoms with Crippen molar-refractivity contribution in [2.24, 2.45) is 0 Å². The molecule has 0 atom stereocenters. The van der Waals surface area contributed by atoms with E-state index in [0.717, 1.165) is 6.08 Å². The van der Waals surface area contributed by atoms with Gasteiger partial charge in [0.2, 0.25) is 0 Å². The number of alkyl halides is 3. The van der Waals surface area contributed by atoms with Gasteiger partial charge in [0.25, 0.3) is 0 Å². The Labute approximate surface area is 101 Å². The van der Waals surface area contributed by atoms with Crippen molar-refractivity contribution in [3.8, 4) is 0 Å². The molecule has 0 aliphatic rings. The molecule has 0 bridgehead atoms. The van der Waals surface area contributed by atoms with Crippen LogP contribution < -0.4 is 0 Å². The molecule has 1 rings (SSSR count). The van der Waals surface area contributed by atoms with Gasteiger partial charge in [0.1, 0.15) is 6.61 Å². The van der Waals surface area contributed by atoms with E-state index in [0.29, 0.717) is 11.1 Å². The van der Waals surface area contributed by atoms with Crippen LogP contribution in [0.3, 0.4) is 0 Å². The van der Waals surface area contributed by atoms with Gasteiger partial charge < -0.3 is 9.84 Å². The SMILES string of the molecule is O=C(O)/C=C/c1ccccc1COCC(F)(F)F. The first kappa shape index (κ1) is 14.2. The molecule has 3 nitrogen and oxygen atoms in total. The van der Waals surface area contributed by atoms with Crippen LogP contribution in [0.25, 0.3) is 6.08 Å². The van der Waals surface area contributed by atoms with Gasteiger partial charge in [0, 0.05) is 6.08 Å². The summed E-state index contributed by atoms with van der Waals surface area (Å²) < 4.78 is 40.2. The molecule has 0 saturated carbocycles. The maximum absolute atomic E-state index is 11.9. The Kier molecular flexibility index (Phi) is 4.91. The number of carboxylic acids is 1. The Hall–Kier alpha value is -1.82. The fourth-order valence-electron chi connectivity index (χ4n) is 1.27. The van der Waals surface area contributed by atoms with Crippen molar-refractivity contribution >= 4 is 12.0 Å². The zero-order valence-corrected chi connectivity index (χ0v) is 9.28. The molecule has 0 unspecified atom stereocenters. The minimum absolute atomic E-state index is 0.223. The highest BCUT2D eigenvalue weighted by Crippen LogP contribution is 2.17. The van der Waals surface area contributed by atoms with Crippen LogP contribution in [0.1, 0.15) is 11.1 Å². The molecule has 0 aromatic heterocycles. The topological polar surface area (TPSA) is 46.5 Å². The van der Waals surface area contributed by atoms with Gasteiger partial charge in [-0.25, -0.2) is 4.79 Å². The summed E-state index contributed by atoms with van der Waals surface area (Å²) in [6.07, 6.45) is -2.14. The normalized spacial score (nSPS) is 11.9. The zero-order valence-electron chi connectivity index (χ0n) is 9.28. The summed E-state index contributed by atoms with van der Waals surface area (Å²) in [5.74, 6) is -1.12. The predicted octanol–water partition coefficient (Wildman–Crippen LogP) is 2.86. The molecule has 98 valence electrons. The van der Waals surface area contributed by atoms with E-state index in [2.05, 4.69) is 4.74 Å². The van der Waals surface area contributed by atoms with Crippen LogP contribution in [0.4, 0.5) is 13.2 Å². The third-order valence-electron chi connectivity index (χ3n) is 1.98. The summed E-state index contributed by atoms with van der Waals surface area (Å²) in [5, 5.41) is 8.48. The van der Waals surface area contributed by atoms with E-state index in [-0.39, 0.29) is 6.61 Å². The predicted molar refractivity (Wildman–Crippen MR) is 58.8 cm³/mol. The molecule has 1 aromatic rings. The summed E-state index contributed by atoms with van der Waals surface area (Å²) in [7, 11) is 0. The van der Waals surface area contributed by atoms with Crippen LogP contribution in [0.5, 0.6) is 0 Å². The van der Waals surface area contributed by atoms with Crippen molar-refractivity contribution in [1.29, 1.82) is 0 Å². The first-order valence-corrected chi connectivity index (χ1v) is 5.02. The first-order valence-electron chi connectivity index (χ1n) is 5.02. The van der Waals surface area contributed by atoms with Crippen molar-refractivity contribution in [3.05, 3.63) is 41.5 Å². The fraction of sp³-hybridized carbons (Fsp3) is 0.250. The number of halogens is 3. The summed E-state index contributed by atoms with van der Waals surface area (Å²) in [5.41, 5.74) is 1.02. The van der Waals surface area contributed by atoms with Crippen molar-refractivity contribution in [2.45, 2.75) is 12.8 Å². The maximum Gasteiger partial charge on any atom is 0.411 e. The van der Waals surface area contributed by atoms with E-state index >= 15 is 0 Å². The van der Waals surface area contributed by atoms with Gasteiger partial charge in [-0.15, -0.1) is 0 Å². The average molecular weight is 260 g/mol. The highest BCUT2D eigenvalue weighted by molar-refractivity contribution is 5.85. The van der Waals surface area contributed by atoms with E-state index in [1.165, 1.54) is 6.08 Å². The molecular weight excluding hydrogens is 249 g/mol. The Bertz CT molecular complexity index is 438. The third-order valence-corrected chi connectivity index (χ3v) is 1.98. The van der Waals surface area contributed by atoms with E-state index < -0.39 is 18.8 Å². The lowest BCUT2D eigenvalue weighted by Crippen LogP contribution is -2.16. The average Bonchev–Trinajstić information content (AvgIpc) is 2.26. The molecule has 0 fully saturated rings. The van der Waals surface area contributed by atoms with E-state index in [1.54, 1.807) is 24.3 Å². The maximum atomic E-state index is 11.9. The second kappa shape index (κ2) is 6.20. The largest absolute Gasteiger partial charge is 0.478 e. The van der Waals surface area contributed by atoms with Crippen LogP contribution in [0.15, 0.2) is 30.3 Å². The molecule has 1 aromatic carbocycles. The molecule has 0 heterocycles. The van der Waals surface area contributed by atoms with Gasteiger partial charge in [-0.3, -0.25) is 0 Å². The van der Waals surface area contributed by atoms with E-state index in [9.17, 15) is 18.0 Å². The van der Waals surface area contributed by atoms with Crippen LogP contribution in [0.2, 0.25) is 0 Å². The number of rotatable bonds is 5. The highest BCUT2D eigenvalue weighted by atomic mass is 19.4. The second-order valence-corrected chi connectivity index (χ2v) is 3.48. The molecule has 0 radical (unpaired) electrons.